The molecule has 1 saturated heterocycles. The lowest BCUT2D eigenvalue weighted by atomic mass is 10.1. The molecule has 1 aromatic carbocycles. The van der Waals surface area contributed by atoms with Crippen LogP contribution in [0.15, 0.2) is 18.2 Å². The minimum atomic E-state index is -0.287. The molecule has 92 valence electrons. The molecule has 1 aliphatic heterocycles. The molecular weight excluding hydrogens is 222 g/mol. The molecule has 0 radical (unpaired) electrons. The summed E-state index contributed by atoms with van der Waals surface area (Å²) in [6.07, 6.45) is 1.60. The molecule has 0 saturated carbocycles. The summed E-state index contributed by atoms with van der Waals surface area (Å²) in [6, 6.07) is 4.15. The Morgan fingerprint density at radius 1 is 1.24 bits per heavy atom. The van der Waals surface area contributed by atoms with Crippen molar-refractivity contribution in [3.63, 3.8) is 0 Å². The van der Waals surface area contributed by atoms with E-state index in [2.05, 4.69) is 5.32 Å². The summed E-state index contributed by atoms with van der Waals surface area (Å²) in [5.41, 5.74) is 0.340. The van der Waals surface area contributed by atoms with Crippen LogP contribution in [0, 0.1) is 0 Å². The number of rotatable bonds is 2. The Morgan fingerprint density at radius 2 is 1.94 bits per heavy atom. The van der Waals surface area contributed by atoms with Crippen molar-refractivity contribution in [3.8, 4) is 11.5 Å². The van der Waals surface area contributed by atoms with Crippen LogP contribution in [-0.4, -0.2) is 35.4 Å². The Bertz CT molecular complexity index is 413. The molecule has 1 fully saturated rings. The molecular formula is C12H15NO4. The summed E-state index contributed by atoms with van der Waals surface area (Å²) in [4.78, 5) is 11.8. The fourth-order valence-electron chi connectivity index (χ4n) is 1.78. The van der Waals surface area contributed by atoms with E-state index in [0.29, 0.717) is 18.8 Å². The first-order valence-electron chi connectivity index (χ1n) is 5.57. The summed E-state index contributed by atoms with van der Waals surface area (Å²) in [5, 5.41) is 21.3. The van der Waals surface area contributed by atoms with Crippen LogP contribution in [0.4, 0.5) is 0 Å². The number of hydrogen-bond donors (Lipinski definition) is 3. The maximum Gasteiger partial charge on any atom is 0.251 e. The zero-order valence-electron chi connectivity index (χ0n) is 9.35. The van der Waals surface area contributed by atoms with Gasteiger partial charge in [0.1, 0.15) is 0 Å². The Morgan fingerprint density at radius 3 is 2.59 bits per heavy atom. The first kappa shape index (κ1) is 11.7. The van der Waals surface area contributed by atoms with Gasteiger partial charge in [0.25, 0.3) is 5.91 Å². The lowest BCUT2D eigenvalue weighted by Gasteiger charge is -2.23. The largest absolute Gasteiger partial charge is 0.504 e. The van der Waals surface area contributed by atoms with Gasteiger partial charge in [-0.2, -0.15) is 0 Å². The normalized spacial score (nSPS) is 16.7. The van der Waals surface area contributed by atoms with Crippen molar-refractivity contribution in [2.45, 2.75) is 18.9 Å². The van der Waals surface area contributed by atoms with E-state index in [1.54, 1.807) is 0 Å². The number of hydrogen-bond acceptors (Lipinski definition) is 4. The summed E-state index contributed by atoms with van der Waals surface area (Å²) in [7, 11) is 0. The highest BCUT2D eigenvalue weighted by molar-refractivity contribution is 5.95. The monoisotopic (exact) mass is 237 g/mol. The van der Waals surface area contributed by atoms with Gasteiger partial charge in [-0.15, -0.1) is 0 Å². The fraction of sp³-hybridized carbons (Fsp3) is 0.417. The van der Waals surface area contributed by atoms with E-state index < -0.39 is 0 Å². The zero-order valence-corrected chi connectivity index (χ0v) is 9.35. The SMILES string of the molecule is O=C(NC1CCOCC1)c1ccc(O)c(O)c1. The summed E-state index contributed by atoms with van der Waals surface area (Å²) in [5.74, 6) is -0.760. The van der Waals surface area contributed by atoms with Gasteiger partial charge in [0.15, 0.2) is 11.5 Å². The first-order valence-corrected chi connectivity index (χ1v) is 5.57. The Hall–Kier alpha value is -1.75. The Kier molecular flexibility index (Phi) is 3.49. The third-order valence-corrected chi connectivity index (χ3v) is 2.79. The number of aromatic hydroxyl groups is 2. The summed E-state index contributed by atoms with van der Waals surface area (Å²) in [6.45, 7) is 1.32. The van der Waals surface area contributed by atoms with Gasteiger partial charge >= 0.3 is 0 Å². The Balaban J connectivity index is 2.01. The van der Waals surface area contributed by atoms with Gasteiger partial charge < -0.3 is 20.3 Å². The van der Waals surface area contributed by atoms with Crippen LogP contribution < -0.4 is 5.32 Å². The molecule has 1 amide bonds. The molecule has 1 aliphatic rings. The van der Waals surface area contributed by atoms with E-state index in [0.717, 1.165) is 12.8 Å². The maximum absolute atomic E-state index is 11.8. The van der Waals surface area contributed by atoms with Crippen LogP contribution in [0.5, 0.6) is 11.5 Å². The topological polar surface area (TPSA) is 78.8 Å². The second-order valence-electron chi connectivity index (χ2n) is 4.06. The van der Waals surface area contributed by atoms with E-state index in [4.69, 9.17) is 9.84 Å². The maximum atomic E-state index is 11.8. The van der Waals surface area contributed by atoms with E-state index in [-0.39, 0.29) is 23.4 Å². The van der Waals surface area contributed by atoms with E-state index in [1.165, 1.54) is 18.2 Å². The van der Waals surface area contributed by atoms with Crippen molar-refractivity contribution in [1.82, 2.24) is 5.32 Å². The highest BCUT2D eigenvalue weighted by Gasteiger charge is 2.17. The summed E-state index contributed by atoms with van der Waals surface area (Å²) < 4.78 is 5.20. The molecule has 5 heteroatoms. The molecule has 5 nitrogen and oxygen atoms in total. The molecule has 0 atom stereocenters. The van der Waals surface area contributed by atoms with Crippen molar-refractivity contribution >= 4 is 5.91 Å². The van der Waals surface area contributed by atoms with Crippen molar-refractivity contribution < 1.29 is 19.7 Å². The number of amides is 1. The predicted molar refractivity (Wildman–Crippen MR) is 61.1 cm³/mol. The van der Waals surface area contributed by atoms with Crippen molar-refractivity contribution in [2.24, 2.45) is 0 Å². The lowest BCUT2D eigenvalue weighted by molar-refractivity contribution is 0.0696. The average Bonchev–Trinajstić information content (AvgIpc) is 2.34. The van der Waals surface area contributed by atoms with E-state index in [9.17, 15) is 9.90 Å². The zero-order chi connectivity index (χ0) is 12.3. The fourth-order valence-corrected chi connectivity index (χ4v) is 1.78. The van der Waals surface area contributed by atoms with Gasteiger partial charge in [0, 0.05) is 24.8 Å². The van der Waals surface area contributed by atoms with Crippen LogP contribution in [0.2, 0.25) is 0 Å². The van der Waals surface area contributed by atoms with E-state index in [1.807, 2.05) is 0 Å². The number of phenolic OH excluding ortho intramolecular Hbond substituents is 2. The molecule has 1 heterocycles. The predicted octanol–water partition coefficient (Wildman–Crippen LogP) is 1.01. The number of benzene rings is 1. The number of carbonyl (C=O) groups excluding carboxylic acids is 1. The molecule has 1 aromatic rings. The number of phenols is 2. The number of nitrogens with one attached hydrogen (secondary N) is 1. The third-order valence-electron chi connectivity index (χ3n) is 2.79. The quantitative estimate of drug-likeness (QED) is 0.671. The van der Waals surface area contributed by atoms with Crippen LogP contribution in [0.25, 0.3) is 0 Å². The van der Waals surface area contributed by atoms with Crippen LogP contribution in [0.1, 0.15) is 23.2 Å². The highest BCUT2D eigenvalue weighted by atomic mass is 16.5. The molecule has 0 spiro atoms. The van der Waals surface area contributed by atoms with Gasteiger partial charge in [-0.3, -0.25) is 4.79 Å². The molecule has 0 aromatic heterocycles. The first-order chi connectivity index (χ1) is 8.16. The lowest BCUT2D eigenvalue weighted by Crippen LogP contribution is -2.38. The number of carbonyl (C=O) groups is 1. The highest BCUT2D eigenvalue weighted by Crippen LogP contribution is 2.24. The van der Waals surface area contributed by atoms with Crippen molar-refractivity contribution in [1.29, 1.82) is 0 Å². The average molecular weight is 237 g/mol. The number of ether oxygens (including phenoxy) is 1. The van der Waals surface area contributed by atoms with Crippen molar-refractivity contribution in [2.75, 3.05) is 13.2 Å². The Labute approximate surface area is 99.0 Å². The molecule has 2 rings (SSSR count). The third kappa shape index (κ3) is 2.88. The van der Waals surface area contributed by atoms with Gasteiger partial charge in [-0.25, -0.2) is 0 Å². The van der Waals surface area contributed by atoms with Crippen LogP contribution in [0.3, 0.4) is 0 Å². The minimum absolute atomic E-state index is 0.118. The van der Waals surface area contributed by atoms with Gasteiger partial charge in [-0.05, 0) is 31.0 Å². The molecule has 17 heavy (non-hydrogen) atoms. The van der Waals surface area contributed by atoms with E-state index >= 15 is 0 Å². The van der Waals surface area contributed by atoms with Gasteiger partial charge in [-0.1, -0.05) is 0 Å². The molecule has 3 N–H and O–H groups in total. The van der Waals surface area contributed by atoms with Gasteiger partial charge in [0.05, 0.1) is 0 Å². The van der Waals surface area contributed by atoms with Crippen LogP contribution in [-0.2, 0) is 4.74 Å². The second kappa shape index (κ2) is 5.05. The van der Waals surface area contributed by atoms with Crippen molar-refractivity contribution in [3.05, 3.63) is 23.8 Å². The molecule has 0 aliphatic carbocycles. The minimum Gasteiger partial charge on any atom is -0.504 e. The smallest absolute Gasteiger partial charge is 0.251 e. The second-order valence-corrected chi connectivity index (χ2v) is 4.06. The summed E-state index contributed by atoms with van der Waals surface area (Å²) >= 11 is 0. The molecule has 0 unspecified atom stereocenters. The standard InChI is InChI=1S/C12H15NO4/c14-10-2-1-8(7-11(10)15)12(16)13-9-3-5-17-6-4-9/h1-2,7,9,14-15H,3-6H2,(H,13,16). The van der Waals surface area contributed by atoms with Crippen LogP contribution >= 0.6 is 0 Å². The molecule has 0 bridgehead atoms. The van der Waals surface area contributed by atoms with Gasteiger partial charge in [0.2, 0.25) is 0 Å².